The van der Waals surface area contributed by atoms with Crippen molar-refractivity contribution in [3.63, 3.8) is 0 Å². The van der Waals surface area contributed by atoms with E-state index < -0.39 is 11.7 Å². The molecule has 0 amide bonds. The fraction of sp³-hybridized carbons (Fsp3) is 0.513. The average Bonchev–Trinajstić information content (AvgIpc) is 3.61. The maximum absolute atomic E-state index is 10.8. The Bertz CT molecular complexity index is 1330. The van der Waals surface area contributed by atoms with E-state index in [4.69, 9.17) is 4.74 Å². The van der Waals surface area contributed by atoms with Crippen molar-refractivity contribution in [2.75, 3.05) is 6.61 Å². The first-order valence-electron chi connectivity index (χ1n) is 15.8. The molecule has 44 heavy (non-hydrogen) atoms. The van der Waals surface area contributed by atoms with Crippen molar-refractivity contribution >= 4 is 0 Å². The summed E-state index contributed by atoms with van der Waals surface area (Å²) < 4.78 is 6.02. The van der Waals surface area contributed by atoms with E-state index in [0.29, 0.717) is 25.7 Å². The molecule has 5 heteroatoms. The van der Waals surface area contributed by atoms with Gasteiger partial charge in [0.25, 0.3) is 0 Å². The number of aliphatic hydroxyl groups excluding tert-OH is 3. The molecule has 5 unspecified atom stereocenters. The van der Waals surface area contributed by atoms with E-state index in [1.165, 1.54) is 0 Å². The molecule has 1 heterocycles. The molecule has 4 N–H and O–H groups in total. The van der Waals surface area contributed by atoms with Crippen LogP contribution in [0.2, 0.25) is 0 Å². The fourth-order valence-corrected chi connectivity index (χ4v) is 6.70. The molecule has 2 aliphatic carbocycles. The van der Waals surface area contributed by atoms with Crippen LogP contribution >= 0.6 is 0 Å². The molecule has 3 rings (SSSR count). The Morgan fingerprint density at radius 3 is 1.95 bits per heavy atom. The third kappa shape index (κ3) is 9.37. The van der Waals surface area contributed by atoms with Crippen LogP contribution in [0.4, 0.5) is 0 Å². The van der Waals surface area contributed by atoms with Gasteiger partial charge in [-0.15, -0.1) is 5.73 Å². The smallest absolute Gasteiger partial charge is 0.118 e. The summed E-state index contributed by atoms with van der Waals surface area (Å²) in [7, 11) is 0. The van der Waals surface area contributed by atoms with Gasteiger partial charge in [0, 0.05) is 23.8 Å². The molecule has 3 fully saturated rings. The second-order valence-corrected chi connectivity index (χ2v) is 14.3. The van der Waals surface area contributed by atoms with Crippen LogP contribution < -0.4 is 0 Å². The summed E-state index contributed by atoms with van der Waals surface area (Å²) in [5.74, 6) is 0. The van der Waals surface area contributed by atoms with Crippen molar-refractivity contribution in [1.82, 2.24) is 0 Å². The Hall–Kier alpha value is -2.76. The van der Waals surface area contributed by atoms with Crippen molar-refractivity contribution in [3.05, 3.63) is 113 Å². The summed E-state index contributed by atoms with van der Waals surface area (Å²) >= 11 is 0. The highest BCUT2D eigenvalue weighted by Gasteiger charge is 2.66. The van der Waals surface area contributed by atoms with Crippen LogP contribution in [0, 0.1) is 10.8 Å². The molecule has 0 radical (unpaired) electrons. The molecule has 0 spiro atoms. The van der Waals surface area contributed by atoms with E-state index in [0.717, 1.165) is 27.9 Å². The van der Waals surface area contributed by atoms with E-state index in [1.807, 2.05) is 108 Å². The van der Waals surface area contributed by atoms with E-state index in [2.05, 4.69) is 25.7 Å². The standard InChI is InChI=1S/C39H54O5/c1-28(15-11-16-30(3)19-20-34-36(4,5)24-33(42)26-38(34,8)43)13-9-10-14-29(2)17-12-18-31(27-40)21-22-39-35(44-39)23-32(41)25-37(39,6)7/h9-19,21-22,32-33,35,40-43H,23-27H2,1-8H3/b10-9+,15-11?,17-12+,22-21+,28-13?,29-14+,30-16?,31-18-. The van der Waals surface area contributed by atoms with Crippen molar-refractivity contribution in [2.24, 2.45) is 10.8 Å². The lowest BCUT2D eigenvalue weighted by molar-refractivity contribution is -0.0268. The zero-order valence-electron chi connectivity index (χ0n) is 28.0. The summed E-state index contributed by atoms with van der Waals surface area (Å²) in [5.41, 5.74) is 6.31. The Balaban J connectivity index is 1.54. The molecule has 2 saturated carbocycles. The van der Waals surface area contributed by atoms with Crippen LogP contribution in [-0.4, -0.2) is 56.5 Å². The second kappa shape index (κ2) is 14.6. The minimum absolute atomic E-state index is 0.0504. The second-order valence-electron chi connectivity index (χ2n) is 14.3. The van der Waals surface area contributed by atoms with Crippen LogP contribution in [0.1, 0.15) is 81.1 Å². The number of rotatable bonds is 10. The van der Waals surface area contributed by atoms with Crippen molar-refractivity contribution in [3.8, 4) is 0 Å². The summed E-state index contributed by atoms with van der Waals surface area (Å²) in [6, 6.07) is 0. The van der Waals surface area contributed by atoms with Gasteiger partial charge in [-0.3, -0.25) is 0 Å². The zero-order valence-corrected chi connectivity index (χ0v) is 28.0. The lowest BCUT2D eigenvalue weighted by Crippen LogP contribution is -2.45. The largest absolute Gasteiger partial charge is 0.393 e. The van der Waals surface area contributed by atoms with Crippen LogP contribution in [0.3, 0.4) is 0 Å². The van der Waals surface area contributed by atoms with Crippen molar-refractivity contribution in [1.29, 1.82) is 0 Å². The molecule has 1 saturated heterocycles. The molecule has 0 aromatic heterocycles. The SMILES string of the molecule is CC(C=C=C1C(C)(C)CC(O)CC1(C)O)=CC=CC(C)=C/C=C/C=C(C)/C=C/C=C(/C=C/C12OC1CC(O)CC2(C)C)CO. The molecule has 240 valence electrons. The normalized spacial score (nSPS) is 33.0. The van der Waals surface area contributed by atoms with E-state index in [9.17, 15) is 20.4 Å². The van der Waals surface area contributed by atoms with E-state index >= 15 is 0 Å². The highest BCUT2D eigenvalue weighted by molar-refractivity contribution is 5.35. The van der Waals surface area contributed by atoms with Crippen LogP contribution in [-0.2, 0) is 4.74 Å². The number of hydrogen-bond donors (Lipinski definition) is 4. The molecule has 3 aliphatic rings. The van der Waals surface area contributed by atoms with Crippen LogP contribution in [0.15, 0.2) is 113 Å². The first kappa shape index (κ1) is 35.7. The maximum Gasteiger partial charge on any atom is 0.118 e. The van der Waals surface area contributed by atoms with E-state index in [1.54, 1.807) is 6.92 Å². The van der Waals surface area contributed by atoms with Gasteiger partial charge < -0.3 is 25.2 Å². The Morgan fingerprint density at radius 2 is 1.39 bits per heavy atom. The lowest BCUT2D eigenvalue weighted by atomic mass is 9.65. The number of ether oxygens (including phenoxy) is 1. The third-order valence-electron chi connectivity index (χ3n) is 9.03. The summed E-state index contributed by atoms with van der Waals surface area (Å²) in [6.07, 6.45) is 27.5. The van der Waals surface area contributed by atoms with Gasteiger partial charge in [-0.1, -0.05) is 106 Å². The first-order chi connectivity index (χ1) is 20.5. The first-order valence-corrected chi connectivity index (χ1v) is 15.8. The van der Waals surface area contributed by atoms with Crippen LogP contribution in [0.25, 0.3) is 0 Å². The van der Waals surface area contributed by atoms with Gasteiger partial charge in [0.2, 0.25) is 0 Å². The molecule has 5 atom stereocenters. The molecular formula is C39H54O5. The summed E-state index contributed by atoms with van der Waals surface area (Å²) in [6.45, 7) is 16.1. The predicted molar refractivity (Wildman–Crippen MR) is 181 cm³/mol. The van der Waals surface area contributed by atoms with Crippen LogP contribution in [0.5, 0.6) is 0 Å². The van der Waals surface area contributed by atoms with Gasteiger partial charge in [-0.05, 0) is 69.2 Å². The van der Waals surface area contributed by atoms with Gasteiger partial charge >= 0.3 is 0 Å². The maximum atomic E-state index is 10.8. The van der Waals surface area contributed by atoms with Gasteiger partial charge in [0.05, 0.1) is 30.5 Å². The van der Waals surface area contributed by atoms with Crippen molar-refractivity contribution < 1.29 is 25.2 Å². The van der Waals surface area contributed by atoms with Crippen molar-refractivity contribution in [2.45, 2.75) is 111 Å². The van der Waals surface area contributed by atoms with Gasteiger partial charge in [0.15, 0.2) is 0 Å². The highest BCUT2D eigenvalue weighted by Crippen LogP contribution is 2.59. The average molecular weight is 603 g/mol. The number of allylic oxidation sites excluding steroid dienone is 13. The summed E-state index contributed by atoms with van der Waals surface area (Å²) in [5, 5.41) is 40.9. The Kier molecular flexibility index (Phi) is 11.8. The quantitative estimate of drug-likeness (QED) is 0.120. The molecule has 0 bridgehead atoms. The number of fused-ring (bicyclic) bond motifs is 1. The molecular weight excluding hydrogens is 548 g/mol. The Morgan fingerprint density at radius 1 is 0.795 bits per heavy atom. The minimum Gasteiger partial charge on any atom is -0.393 e. The molecule has 1 aliphatic heterocycles. The summed E-state index contributed by atoms with van der Waals surface area (Å²) in [4.78, 5) is 0. The molecule has 0 aromatic carbocycles. The predicted octanol–water partition coefficient (Wildman–Crippen LogP) is 7.30. The zero-order chi connectivity index (χ0) is 32.8. The highest BCUT2D eigenvalue weighted by atomic mass is 16.6. The van der Waals surface area contributed by atoms with Gasteiger partial charge in [-0.25, -0.2) is 0 Å². The monoisotopic (exact) mass is 602 g/mol. The topological polar surface area (TPSA) is 93.5 Å². The van der Waals surface area contributed by atoms with E-state index in [-0.39, 0.29) is 35.2 Å². The van der Waals surface area contributed by atoms with Gasteiger partial charge in [-0.2, -0.15) is 0 Å². The van der Waals surface area contributed by atoms with Gasteiger partial charge in [0.1, 0.15) is 5.60 Å². The lowest BCUT2D eigenvalue weighted by Gasteiger charge is -2.43. The molecule has 5 nitrogen and oxygen atoms in total. The Labute approximate surface area is 265 Å². The number of epoxide rings is 1. The number of hydrogen-bond acceptors (Lipinski definition) is 5. The molecule has 0 aromatic rings. The fourth-order valence-electron chi connectivity index (χ4n) is 6.70. The third-order valence-corrected chi connectivity index (χ3v) is 9.03. The number of aliphatic hydroxyl groups is 4. The minimum atomic E-state index is -1.06.